The van der Waals surface area contributed by atoms with Gasteiger partial charge in [0.25, 0.3) is 0 Å². The molecule has 1 unspecified atom stereocenters. The Hall–Kier alpha value is -1.78. The van der Waals surface area contributed by atoms with Crippen molar-refractivity contribution in [3.05, 3.63) is 30.1 Å². The van der Waals surface area contributed by atoms with Crippen LogP contribution in [0.1, 0.15) is 0 Å². The highest BCUT2D eigenvalue weighted by atomic mass is 19.1. The van der Waals surface area contributed by atoms with Gasteiger partial charge < -0.3 is 14.8 Å². The van der Waals surface area contributed by atoms with Gasteiger partial charge in [0.1, 0.15) is 18.2 Å². The maximum atomic E-state index is 12.6. The normalized spacial score (nSPS) is 19.8. The molecule has 1 aromatic carbocycles. The Balaban J connectivity index is 1.79. The molecule has 1 amide bonds. The zero-order chi connectivity index (χ0) is 11.4. The van der Waals surface area contributed by atoms with E-state index in [0.29, 0.717) is 25.5 Å². The Bertz CT molecular complexity index is 356. The van der Waals surface area contributed by atoms with Crippen molar-refractivity contribution < 1.29 is 18.7 Å². The highest BCUT2D eigenvalue weighted by Gasteiger charge is 2.19. The van der Waals surface area contributed by atoms with Crippen LogP contribution < -0.4 is 10.1 Å². The van der Waals surface area contributed by atoms with Gasteiger partial charge in [-0.3, -0.25) is 0 Å². The minimum absolute atomic E-state index is 0.128. The smallest absolute Gasteiger partial charge is 0.407 e. The van der Waals surface area contributed by atoms with Crippen molar-refractivity contribution in [2.75, 3.05) is 19.8 Å². The van der Waals surface area contributed by atoms with Crippen molar-refractivity contribution in [3.63, 3.8) is 0 Å². The van der Waals surface area contributed by atoms with Crippen LogP contribution in [-0.4, -0.2) is 25.9 Å². The van der Waals surface area contributed by atoms with Gasteiger partial charge in [-0.1, -0.05) is 0 Å². The van der Waals surface area contributed by atoms with Crippen molar-refractivity contribution in [2.24, 2.45) is 5.92 Å². The van der Waals surface area contributed by atoms with Crippen LogP contribution in [0.4, 0.5) is 9.18 Å². The molecule has 1 fully saturated rings. The average Bonchev–Trinajstić information content (AvgIpc) is 2.30. The summed E-state index contributed by atoms with van der Waals surface area (Å²) in [5.41, 5.74) is 0. The number of amides is 1. The molecule has 1 heterocycles. The zero-order valence-electron chi connectivity index (χ0n) is 8.61. The molecule has 2 rings (SSSR count). The highest BCUT2D eigenvalue weighted by Crippen LogP contribution is 2.13. The molecule has 1 aromatic rings. The second kappa shape index (κ2) is 4.83. The molecule has 1 aliphatic heterocycles. The molecular formula is C11H12FNO3. The van der Waals surface area contributed by atoms with Crippen LogP contribution in [0.3, 0.4) is 0 Å². The number of hydrogen-bond donors (Lipinski definition) is 1. The Labute approximate surface area is 92.4 Å². The van der Waals surface area contributed by atoms with Crippen LogP contribution in [0.2, 0.25) is 0 Å². The predicted octanol–water partition coefficient (Wildman–Crippen LogP) is 1.56. The number of nitrogens with one attached hydrogen (secondary N) is 1. The van der Waals surface area contributed by atoms with Crippen LogP contribution >= 0.6 is 0 Å². The van der Waals surface area contributed by atoms with Crippen LogP contribution in [0.25, 0.3) is 0 Å². The van der Waals surface area contributed by atoms with E-state index >= 15 is 0 Å². The Kier molecular flexibility index (Phi) is 3.24. The standard InChI is InChI=1S/C11H12FNO3/c12-9-1-3-10(4-2-9)15-6-8-5-13-11(14)16-7-8/h1-4,8H,5-7H2,(H,13,14). The summed E-state index contributed by atoms with van der Waals surface area (Å²) in [6.45, 7) is 1.33. The molecule has 5 heteroatoms. The summed E-state index contributed by atoms with van der Waals surface area (Å²) < 4.78 is 22.8. The molecule has 0 radical (unpaired) electrons. The largest absolute Gasteiger partial charge is 0.493 e. The van der Waals surface area contributed by atoms with Crippen LogP contribution in [0.5, 0.6) is 5.75 Å². The molecule has 0 saturated carbocycles. The first-order valence-electron chi connectivity index (χ1n) is 5.03. The highest BCUT2D eigenvalue weighted by molar-refractivity contribution is 5.67. The van der Waals surface area contributed by atoms with Gasteiger partial charge in [0, 0.05) is 12.5 Å². The molecule has 1 aliphatic rings. The number of ether oxygens (including phenoxy) is 2. The van der Waals surface area contributed by atoms with Crippen LogP contribution in [0, 0.1) is 11.7 Å². The van der Waals surface area contributed by atoms with E-state index < -0.39 is 6.09 Å². The first-order valence-corrected chi connectivity index (χ1v) is 5.03. The van der Waals surface area contributed by atoms with Gasteiger partial charge in [0.2, 0.25) is 0 Å². The van der Waals surface area contributed by atoms with Gasteiger partial charge in [0.15, 0.2) is 0 Å². The number of hydrogen-bond acceptors (Lipinski definition) is 3. The lowest BCUT2D eigenvalue weighted by Crippen LogP contribution is -2.41. The average molecular weight is 225 g/mol. The second-order valence-corrected chi connectivity index (χ2v) is 3.61. The molecule has 0 aromatic heterocycles. The van der Waals surface area contributed by atoms with Gasteiger partial charge in [-0.05, 0) is 24.3 Å². The molecule has 16 heavy (non-hydrogen) atoms. The molecule has 1 saturated heterocycles. The molecular weight excluding hydrogens is 213 g/mol. The topological polar surface area (TPSA) is 47.6 Å². The molecule has 0 bridgehead atoms. The summed E-state index contributed by atoms with van der Waals surface area (Å²) in [5.74, 6) is 0.446. The lowest BCUT2D eigenvalue weighted by molar-refractivity contribution is 0.0836. The number of carbonyl (C=O) groups is 1. The third-order valence-corrected chi connectivity index (χ3v) is 2.28. The third kappa shape index (κ3) is 2.85. The molecule has 86 valence electrons. The Morgan fingerprint density at radius 2 is 2.19 bits per heavy atom. The van der Waals surface area contributed by atoms with E-state index in [1.807, 2.05) is 0 Å². The fraction of sp³-hybridized carbons (Fsp3) is 0.364. The van der Waals surface area contributed by atoms with Crippen molar-refractivity contribution in [2.45, 2.75) is 0 Å². The summed E-state index contributed by atoms with van der Waals surface area (Å²) in [6.07, 6.45) is -0.391. The fourth-order valence-electron chi connectivity index (χ4n) is 1.38. The quantitative estimate of drug-likeness (QED) is 0.849. The zero-order valence-corrected chi connectivity index (χ0v) is 8.61. The Morgan fingerprint density at radius 1 is 1.44 bits per heavy atom. The SMILES string of the molecule is O=C1NCC(COc2ccc(F)cc2)CO1. The van der Waals surface area contributed by atoms with E-state index in [9.17, 15) is 9.18 Å². The third-order valence-electron chi connectivity index (χ3n) is 2.28. The number of rotatable bonds is 3. The van der Waals surface area contributed by atoms with E-state index in [4.69, 9.17) is 9.47 Å². The minimum Gasteiger partial charge on any atom is -0.493 e. The first kappa shape index (κ1) is 10.7. The molecule has 0 aliphatic carbocycles. The minimum atomic E-state index is -0.391. The number of alkyl carbamates (subject to hydrolysis) is 1. The van der Waals surface area contributed by atoms with E-state index in [0.717, 1.165) is 0 Å². The van der Waals surface area contributed by atoms with Crippen molar-refractivity contribution in [3.8, 4) is 5.75 Å². The summed E-state index contributed by atoms with van der Waals surface area (Å²) in [4.78, 5) is 10.7. The lowest BCUT2D eigenvalue weighted by atomic mass is 10.1. The molecule has 4 nitrogen and oxygen atoms in total. The predicted molar refractivity (Wildman–Crippen MR) is 54.7 cm³/mol. The van der Waals surface area contributed by atoms with Gasteiger partial charge in [-0.15, -0.1) is 0 Å². The van der Waals surface area contributed by atoms with Gasteiger partial charge in [-0.25, -0.2) is 9.18 Å². The van der Waals surface area contributed by atoms with Gasteiger partial charge in [0.05, 0.1) is 6.61 Å². The number of carbonyl (C=O) groups excluding carboxylic acids is 1. The summed E-state index contributed by atoms with van der Waals surface area (Å²) >= 11 is 0. The lowest BCUT2D eigenvalue weighted by Gasteiger charge is -2.22. The number of benzene rings is 1. The van der Waals surface area contributed by atoms with E-state index in [1.54, 1.807) is 12.1 Å². The monoisotopic (exact) mass is 225 g/mol. The van der Waals surface area contributed by atoms with Crippen LogP contribution in [-0.2, 0) is 4.74 Å². The maximum Gasteiger partial charge on any atom is 0.407 e. The van der Waals surface area contributed by atoms with E-state index in [2.05, 4.69) is 5.32 Å². The van der Waals surface area contributed by atoms with Crippen LogP contribution in [0.15, 0.2) is 24.3 Å². The van der Waals surface area contributed by atoms with Crippen molar-refractivity contribution >= 4 is 6.09 Å². The second-order valence-electron chi connectivity index (χ2n) is 3.61. The van der Waals surface area contributed by atoms with E-state index in [-0.39, 0.29) is 11.7 Å². The molecule has 0 spiro atoms. The van der Waals surface area contributed by atoms with Gasteiger partial charge >= 0.3 is 6.09 Å². The van der Waals surface area contributed by atoms with Gasteiger partial charge in [-0.2, -0.15) is 0 Å². The summed E-state index contributed by atoms with van der Waals surface area (Å²) in [6, 6.07) is 5.82. The first-order chi connectivity index (χ1) is 7.74. The maximum absolute atomic E-state index is 12.6. The number of cyclic esters (lactones) is 1. The Morgan fingerprint density at radius 3 is 2.81 bits per heavy atom. The summed E-state index contributed by atoms with van der Waals surface area (Å²) in [7, 11) is 0. The molecule has 1 atom stereocenters. The summed E-state index contributed by atoms with van der Waals surface area (Å²) in [5, 5.41) is 2.58. The number of halogens is 1. The van der Waals surface area contributed by atoms with E-state index in [1.165, 1.54) is 12.1 Å². The van der Waals surface area contributed by atoms with Crippen molar-refractivity contribution in [1.82, 2.24) is 5.32 Å². The fourth-order valence-corrected chi connectivity index (χ4v) is 1.38. The van der Waals surface area contributed by atoms with Crippen molar-refractivity contribution in [1.29, 1.82) is 0 Å². The molecule has 1 N–H and O–H groups in total.